The van der Waals surface area contributed by atoms with E-state index in [0.29, 0.717) is 11.3 Å². The highest BCUT2D eigenvalue weighted by Gasteiger charge is 2.12. The Morgan fingerprint density at radius 3 is 2.56 bits per heavy atom. The van der Waals surface area contributed by atoms with Crippen LogP contribution in [0.4, 0.5) is 0 Å². The maximum Gasteiger partial charge on any atom is 0.326 e. The Balaban J connectivity index is 2.51. The van der Waals surface area contributed by atoms with Gasteiger partial charge in [-0.05, 0) is 18.1 Å². The molecule has 0 saturated carbocycles. The van der Waals surface area contributed by atoms with Crippen LogP contribution in [0.15, 0.2) is 35.6 Å². The van der Waals surface area contributed by atoms with E-state index >= 15 is 0 Å². The third-order valence-electron chi connectivity index (χ3n) is 2.48. The van der Waals surface area contributed by atoms with Crippen LogP contribution in [-0.4, -0.2) is 15.1 Å². The Kier molecular flexibility index (Phi) is 2.40. The second-order valence-electron chi connectivity index (χ2n) is 3.60. The zero-order chi connectivity index (χ0) is 11.7. The van der Waals surface area contributed by atoms with Crippen molar-refractivity contribution in [3.05, 3.63) is 58.1 Å². The molecule has 0 aliphatic carbocycles. The van der Waals surface area contributed by atoms with Crippen LogP contribution in [0.3, 0.4) is 0 Å². The third kappa shape index (κ3) is 1.65. The van der Waals surface area contributed by atoms with E-state index in [1.165, 1.54) is 0 Å². The second-order valence-corrected chi connectivity index (χ2v) is 3.60. The van der Waals surface area contributed by atoms with Crippen molar-refractivity contribution in [2.75, 3.05) is 0 Å². The lowest BCUT2D eigenvalue weighted by atomic mass is 10.00. The molecule has 0 radical (unpaired) electrons. The molecule has 0 bridgehead atoms. The first-order valence-corrected chi connectivity index (χ1v) is 4.86. The van der Waals surface area contributed by atoms with E-state index in [9.17, 15) is 9.90 Å². The van der Waals surface area contributed by atoms with Gasteiger partial charge in [-0.1, -0.05) is 30.8 Å². The standard InChI is InChI=1S/C12H12N2O2/c1-7-5-3-4-6-9(7)8(2)10-11(15)14-12(16)13-10/h3-6,15H,2H2,1H3,(H2,13,14,16). The van der Waals surface area contributed by atoms with Gasteiger partial charge < -0.3 is 10.1 Å². The molecule has 3 N–H and O–H groups in total. The summed E-state index contributed by atoms with van der Waals surface area (Å²) in [5, 5.41) is 9.51. The lowest BCUT2D eigenvalue weighted by Crippen LogP contribution is -2.01. The first kappa shape index (κ1) is 10.3. The smallest absolute Gasteiger partial charge is 0.326 e. The van der Waals surface area contributed by atoms with Crippen LogP contribution in [0.25, 0.3) is 5.57 Å². The molecule has 1 aromatic carbocycles. The fourth-order valence-corrected chi connectivity index (χ4v) is 1.64. The molecule has 0 aliphatic rings. The molecule has 4 nitrogen and oxygen atoms in total. The van der Waals surface area contributed by atoms with Crippen LogP contribution in [0.5, 0.6) is 5.88 Å². The van der Waals surface area contributed by atoms with E-state index in [1.54, 1.807) is 0 Å². The number of rotatable bonds is 2. The van der Waals surface area contributed by atoms with E-state index < -0.39 is 5.69 Å². The summed E-state index contributed by atoms with van der Waals surface area (Å²) in [4.78, 5) is 15.8. The van der Waals surface area contributed by atoms with Gasteiger partial charge in [0.15, 0.2) is 0 Å². The van der Waals surface area contributed by atoms with Gasteiger partial charge in [0, 0.05) is 5.57 Å². The number of hydrogen-bond donors (Lipinski definition) is 3. The summed E-state index contributed by atoms with van der Waals surface area (Å²) in [5.41, 5.74) is 2.41. The van der Waals surface area contributed by atoms with Gasteiger partial charge in [-0.2, -0.15) is 0 Å². The van der Waals surface area contributed by atoms with Gasteiger partial charge in [0.1, 0.15) is 5.69 Å². The van der Waals surface area contributed by atoms with Gasteiger partial charge in [0.2, 0.25) is 5.88 Å². The highest BCUT2D eigenvalue weighted by molar-refractivity contribution is 5.79. The zero-order valence-electron chi connectivity index (χ0n) is 8.87. The molecule has 1 heterocycles. The summed E-state index contributed by atoms with van der Waals surface area (Å²) >= 11 is 0. The summed E-state index contributed by atoms with van der Waals surface area (Å²) in [7, 11) is 0. The number of nitrogens with one attached hydrogen (secondary N) is 2. The van der Waals surface area contributed by atoms with E-state index in [-0.39, 0.29) is 5.88 Å². The SMILES string of the molecule is C=C(c1ccccc1C)c1[nH]c(=O)[nH]c1O. The van der Waals surface area contributed by atoms with Crippen LogP contribution in [0, 0.1) is 6.92 Å². The number of hydrogen-bond acceptors (Lipinski definition) is 2. The van der Waals surface area contributed by atoms with Crippen molar-refractivity contribution in [1.82, 2.24) is 9.97 Å². The van der Waals surface area contributed by atoms with Crippen molar-refractivity contribution in [3.8, 4) is 5.88 Å². The Labute approximate surface area is 92.3 Å². The number of aryl methyl sites for hydroxylation is 1. The zero-order valence-corrected chi connectivity index (χ0v) is 8.87. The normalized spacial score (nSPS) is 10.3. The summed E-state index contributed by atoms with van der Waals surface area (Å²) in [6.07, 6.45) is 0. The van der Waals surface area contributed by atoms with Crippen LogP contribution in [0.2, 0.25) is 0 Å². The average Bonchev–Trinajstić information content (AvgIpc) is 2.58. The molecule has 82 valence electrons. The van der Waals surface area contributed by atoms with Crippen molar-refractivity contribution in [3.63, 3.8) is 0 Å². The van der Waals surface area contributed by atoms with Gasteiger partial charge in [-0.15, -0.1) is 0 Å². The molecule has 1 aromatic heterocycles. The number of imidazole rings is 1. The highest BCUT2D eigenvalue weighted by atomic mass is 16.3. The van der Waals surface area contributed by atoms with Gasteiger partial charge >= 0.3 is 5.69 Å². The van der Waals surface area contributed by atoms with Crippen LogP contribution < -0.4 is 5.69 Å². The van der Waals surface area contributed by atoms with E-state index in [4.69, 9.17) is 0 Å². The number of H-pyrrole nitrogens is 2. The Hall–Kier alpha value is -2.23. The fourth-order valence-electron chi connectivity index (χ4n) is 1.64. The minimum atomic E-state index is -0.442. The maximum absolute atomic E-state index is 11.0. The van der Waals surface area contributed by atoms with Gasteiger partial charge in [0.05, 0.1) is 0 Å². The second kappa shape index (κ2) is 3.73. The lowest BCUT2D eigenvalue weighted by Gasteiger charge is -2.07. The molecular weight excluding hydrogens is 204 g/mol. The first-order chi connectivity index (χ1) is 7.59. The maximum atomic E-state index is 11.0. The third-order valence-corrected chi connectivity index (χ3v) is 2.48. The molecular formula is C12H12N2O2. The van der Waals surface area contributed by atoms with Crippen LogP contribution >= 0.6 is 0 Å². The van der Waals surface area contributed by atoms with Crippen molar-refractivity contribution < 1.29 is 5.11 Å². The quantitative estimate of drug-likeness (QED) is 0.716. The Morgan fingerprint density at radius 2 is 2.00 bits per heavy atom. The van der Waals surface area contributed by atoms with Crippen molar-refractivity contribution in [1.29, 1.82) is 0 Å². The molecule has 0 amide bonds. The molecule has 0 unspecified atom stereocenters. The Bertz CT molecular complexity index is 593. The molecule has 16 heavy (non-hydrogen) atoms. The monoisotopic (exact) mass is 216 g/mol. The van der Waals surface area contributed by atoms with E-state index in [1.807, 2.05) is 31.2 Å². The molecule has 4 heteroatoms. The number of benzene rings is 1. The first-order valence-electron chi connectivity index (χ1n) is 4.86. The Morgan fingerprint density at radius 1 is 1.31 bits per heavy atom. The summed E-state index contributed by atoms with van der Waals surface area (Å²) in [6, 6.07) is 7.64. The number of aromatic hydroxyl groups is 1. The van der Waals surface area contributed by atoms with E-state index in [2.05, 4.69) is 16.5 Å². The number of aromatic nitrogens is 2. The summed E-state index contributed by atoms with van der Waals surface area (Å²) in [6.45, 7) is 5.83. The fraction of sp³-hybridized carbons (Fsp3) is 0.0833. The predicted octanol–water partition coefficient (Wildman–Crippen LogP) is 1.78. The molecule has 0 saturated heterocycles. The molecule has 0 fully saturated rings. The van der Waals surface area contributed by atoms with Gasteiger partial charge in [-0.3, -0.25) is 4.98 Å². The number of aromatic amines is 2. The van der Waals surface area contributed by atoms with Gasteiger partial charge in [0.25, 0.3) is 0 Å². The minimum absolute atomic E-state index is 0.182. The largest absolute Gasteiger partial charge is 0.493 e. The van der Waals surface area contributed by atoms with Crippen LogP contribution in [-0.2, 0) is 0 Å². The molecule has 0 spiro atoms. The minimum Gasteiger partial charge on any atom is -0.493 e. The topological polar surface area (TPSA) is 68.9 Å². The molecule has 0 atom stereocenters. The van der Waals surface area contributed by atoms with Crippen LogP contribution in [0.1, 0.15) is 16.8 Å². The van der Waals surface area contributed by atoms with E-state index in [0.717, 1.165) is 11.1 Å². The van der Waals surface area contributed by atoms with Crippen molar-refractivity contribution in [2.24, 2.45) is 0 Å². The summed E-state index contributed by atoms with van der Waals surface area (Å²) < 4.78 is 0. The molecule has 2 rings (SSSR count). The molecule has 2 aromatic rings. The lowest BCUT2D eigenvalue weighted by molar-refractivity contribution is 0.454. The predicted molar refractivity (Wildman–Crippen MR) is 62.4 cm³/mol. The highest BCUT2D eigenvalue weighted by Crippen LogP contribution is 2.26. The van der Waals surface area contributed by atoms with Crippen molar-refractivity contribution >= 4 is 5.57 Å². The van der Waals surface area contributed by atoms with Gasteiger partial charge in [-0.25, -0.2) is 4.79 Å². The molecule has 0 aliphatic heterocycles. The average molecular weight is 216 g/mol. The summed E-state index contributed by atoms with van der Waals surface area (Å²) in [5.74, 6) is -0.182. The van der Waals surface area contributed by atoms with Crippen molar-refractivity contribution in [2.45, 2.75) is 6.92 Å².